The summed E-state index contributed by atoms with van der Waals surface area (Å²) < 4.78 is 57.9. The van der Waals surface area contributed by atoms with Gasteiger partial charge in [0.1, 0.15) is 34.4 Å². The molecule has 0 bridgehead atoms. The summed E-state index contributed by atoms with van der Waals surface area (Å²) in [5.74, 6) is -1.54. The Kier molecular flexibility index (Phi) is 5.20. The highest BCUT2D eigenvalue weighted by atomic mass is 32.2. The fourth-order valence-corrected chi connectivity index (χ4v) is 5.36. The van der Waals surface area contributed by atoms with Gasteiger partial charge in [0.25, 0.3) is 10.0 Å². The molecule has 2 heterocycles. The molecule has 1 aliphatic carbocycles. The second-order valence-corrected chi connectivity index (χ2v) is 9.57. The van der Waals surface area contributed by atoms with E-state index in [0.717, 1.165) is 43.9 Å². The number of nitrogens with one attached hydrogen (secondary N) is 1. The van der Waals surface area contributed by atoms with E-state index in [1.807, 2.05) is 4.68 Å². The number of rotatable bonds is 5. The molecule has 4 aromatic rings. The van der Waals surface area contributed by atoms with Crippen LogP contribution in [-0.2, 0) is 10.0 Å². The van der Waals surface area contributed by atoms with Crippen molar-refractivity contribution in [2.24, 2.45) is 0 Å². The van der Waals surface area contributed by atoms with Crippen molar-refractivity contribution in [3.63, 3.8) is 0 Å². The zero-order valence-corrected chi connectivity index (χ0v) is 18.2. The quantitative estimate of drug-likeness (QED) is 0.450. The van der Waals surface area contributed by atoms with Gasteiger partial charge >= 0.3 is 0 Å². The van der Waals surface area contributed by atoms with E-state index in [-0.39, 0.29) is 17.5 Å². The fraction of sp³-hybridized carbons (Fsp3) is 0.227. The molecule has 0 unspecified atom stereocenters. The normalized spacial score (nSPS) is 14.7. The number of sulfonamides is 1. The summed E-state index contributed by atoms with van der Waals surface area (Å²) in [6.45, 7) is 0. The van der Waals surface area contributed by atoms with E-state index < -0.39 is 26.6 Å². The molecule has 8 nitrogen and oxygen atoms in total. The van der Waals surface area contributed by atoms with Crippen LogP contribution in [0.3, 0.4) is 0 Å². The summed E-state index contributed by atoms with van der Waals surface area (Å²) in [6.07, 6.45) is 5.48. The second kappa shape index (κ2) is 8.07. The maximum Gasteiger partial charge on any atom is 0.264 e. The third kappa shape index (κ3) is 3.78. The van der Waals surface area contributed by atoms with Crippen LogP contribution >= 0.6 is 0 Å². The monoisotopic (exact) mass is 470 g/mol. The van der Waals surface area contributed by atoms with E-state index >= 15 is 0 Å². The first kappa shape index (κ1) is 21.3. The number of hydrogen-bond acceptors (Lipinski definition) is 6. The Morgan fingerprint density at radius 3 is 2.52 bits per heavy atom. The zero-order chi connectivity index (χ0) is 23.2. The van der Waals surface area contributed by atoms with Gasteiger partial charge < -0.3 is 5.73 Å². The number of nitrogens with two attached hydrogens (primary N) is 1. The third-order valence-electron chi connectivity index (χ3n) is 5.80. The van der Waals surface area contributed by atoms with Crippen molar-refractivity contribution >= 4 is 32.6 Å². The fourth-order valence-electron chi connectivity index (χ4n) is 4.21. The molecule has 1 aliphatic rings. The molecule has 1 saturated carbocycles. The van der Waals surface area contributed by atoms with Crippen molar-refractivity contribution in [3.05, 3.63) is 60.4 Å². The lowest BCUT2D eigenvalue weighted by Gasteiger charge is -2.11. The number of benzene rings is 2. The van der Waals surface area contributed by atoms with Crippen LogP contribution in [0.15, 0.2) is 53.7 Å². The molecule has 0 spiro atoms. The highest BCUT2D eigenvalue weighted by Crippen LogP contribution is 2.37. The van der Waals surface area contributed by atoms with Crippen LogP contribution in [0, 0.1) is 11.6 Å². The molecular weight excluding hydrogens is 450 g/mol. The Morgan fingerprint density at radius 1 is 1.03 bits per heavy atom. The van der Waals surface area contributed by atoms with Gasteiger partial charge in [0.15, 0.2) is 5.65 Å². The second-order valence-electron chi connectivity index (χ2n) is 7.92. The minimum atomic E-state index is -4.32. The van der Waals surface area contributed by atoms with Crippen LogP contribution in [0.25, 0.3) is 22.3 Å². The average molecular weight is 471 g/mol. The number of hydrogen-bond donors (Lipinski definition) is 2. The average Bonchev–Trinajstić information content (AvgIpc) is 3.44. The van der Waals surface area contributed by atoms with Gasteiger partial charge in [-0.05, 0) is 37.1 Å². The van der Waals surface area contributed by atoms with Crippen molar-refractivity contribution < 1.29 is 17.2 Å². The number of halogens is 2. The van der Waals surface area contributed by atoms with E-state index in [1.165, 1.54) is 30.6 Å². The minimum absolute atomic E-state index is 0.173. The van der Waals surface area contributed by atoms with Crippen LogP contribution in [-0.4, -0.2) is 28.2 Å². The highest BCUT2D eigenvalue weighted by molar-refractivity contribution is 7.92. The predicted molar refractivity (Wildman–Crippen MR) is 120 cm³/mol. The molecule has 0 amide bonds. The predicted octanol–water partition coefficient (Wildman–Crippen LogP) is 4.27. The number of aromatic nitrogens is 4. The summed E-state index contributed by atoms with van der Waals surface area (Å²) in [5, 5.41) is 5.20. The first-order chi connectivity index (χ1) is 15.8. The lowest BCUT2D eigenvalue weighted by molar-refractivity contribution is 0.479. The molecule has 0 atom stereocenters. The van der Waals surface area contributed by atoms with Crippen LogP contribution in [0.2, 0.25) is 0 Å². The van der Waals surface area contributed by atoms with Gasteiger partial charge in [0.05, 0.1) is 17.1 Å². The third-order valence-corrected chi connectivity index (χ3v) is 7.20. The molecule has 5 rings (SSSR count). The van der Waals surface area contributed by atoms with Gasteiger partial charge in [0, 0.05) is 5.56 Å². The Hall–Kier alpha value is -3.60. The first-order valence-electron chi connectivity index (χ1n) is 10.4. The van der Waals surface area contributed by atoms with E-state index in [2.05, 4.69) is 19.8 Å². The summed E-state index contributed by atoms with van der Waals surface area (Å²) in [4.78, 5) is 7.84. The van der Waals surface area contributed by atoms with Crippen molar-refractivity contribution in [1.82, 2.24) is 19.7 Å². The lowest BCUT2D eigenvalue weighted by Crippen LogP contribution is -2.15. The molecule has 2 aromatic carbocycles. The number of fused-ring (bicyclic) bond motifs is 1. The summed E-state index contributed by atoms with van der Waals surface area (Å²) >= 11 is 0. The van der Waals surface area contributed by atoms with Crippen molar-refractivity contribution in [1.29, 1.82) is 0 Å². The molecule has 2 aromatic heterocycles. The Balaban J connectivity index is 1.55. The number of anilines is 2. The minimum Gasteiger partial charge on any atom is -0.383 e. The van der Waals surface area contributed by atoms with Crippen molar-refractivity contribution in [2.75, 3.05) is 10.5 Å². The molecule has 0 aliphatic heterocycles. The topological polar surface area (TPSA) is 116 Å². The zero-order valence-electron chi connectivity index (χ0n) is 17.4. The van der Waals surface area contributed by atoms with E-state index in [9.17, 15) is 17.2 Å². The highest BCUT2D eigenvalue weighted by Gasteiger charge is 2.25. The molecule has 3 N–H and O–H groups in total. The van der Waals surface area contributed by atoms with Crippen LogP contribution in [0.5, 0.6) is 0 Å². The van der Waals surface area contributed by atoms with E-state index in [4.69, 9.17) is 5.73 Å². The van der Waals surface area contributed by atoms with Crippen molar-refractivity contribution in [3.8, 4) is 11.3 Å². The van der Waals surface area contributed by atoms with Gasteiger partial charge in [-0.2, -0.15) is 5.10 Å². The molecule has 0 radical (unpaired) electrons. The first-order valence-corrected chi connectivity index (χ1v) is 11.9. The molecular formula is C22H20F2N6O2S. The van der Waals surface area contributed by atoms with Gasteiger partial charge in [-0.15, -0.1) is 0 Å². The number of nitrogens with zero attached hydrogens (tertiary/aromatic N) is 4. The number of nitrogen functional groups attached to an aromatic ring is 1. The largest absolute Gasteiger partial charge is 0.383 e. The smallest absolute Gasteiger partial charge is 0.264 e. The van der Waals surface area contributed by atoms with Gasteiger partial charge in [-0.1, -0.05) is 31.0 Å². The molecule has 0 saturated heterocycles. The van der Waals surface area contributed by atoms with Gasteiger partial charge in [-0.25, -0.2) is 31.8 Å². The lowest BCUT2D eigenvalue weighted by atomic mass is 10.1. The van der Waals surface area contributed by atoms with E-state index in [1.54, 1.807) is 0 Å². The standard InChI is InChI=1S/C22H20F2N6O2S/c23-15-7-3-4-8-18(15)33(31,32)29-17-10-9-13(11-16(17)24)20-19-21(25)26-12-27-22(19)30(28-20)14-5-1-2-6-14/h3-4,7-12,14,29H,1-2,5-6H2,(H2,25,26,27). The summed E-state index contributed by atoms with van der Waals surface area (Å²) in [7, 11) is -4.32. The van der Waals surface area contributed by atoms with Gasteiger partial charge in [-0.3, -0.25) is 4.72 Å². The van der Waals surface area contributed by atoms with E-state index in [0.29, 0.717) is 22.3 Å². The Labute approximate surface area is 188 Å². The van der Waals surface area contributed by atoms with Crippen LogP contribution in [0.1, 0.15) is 31.7 Å². The molecule has 33 heavy (non-hydrogen) atoms. The summed E-state index contributed by atoms with van der Waals surface area (Å²) in [5.41, 5.74) is 7.18. The Morgan fingerprint density at radius 2 is 1.79 bits per heavy atom. The Bertz CT molecular complexity index is 1470. The molecule has 11 heteroatoms. The maximum atomic E-state index is 15.0. The van der Waals surface area contributed by atoms with Crippen LogP contribution < -0.4 is 10.5 Å². The van der Waals surface area contributed by atoms with Crippen LogP contribution in [0.4, 0.5) is 20.3 Å². The van der Waals surface area contributed by atoms with Crippen molar-refractivity contribution in [2.45, 2.75) is 36.6 Å². The van der Waals surface area contributed by atoms with Gasteiger partial charge in [0.2, 0.25) is 0 Å². The maximum absolute atomic E-state index is 15.0. The molecule has 170 valence electrons. The SMILES string of the molecule is Nc1ncnc2c1c(-c1ccc(NS(=O)(=O)c3ccccc3F)c(F)c1)nn2C1CCCC1. The summed E-state index contributed by atoms with van der Waals surface area (Å²) in [6, 6.07) is 9.00. The molecule has 1 fully saturated rings.